The van der Waals surface area contributed by atoms with E-state index in [1.165, 1.54) is 11.1 Å². The fraction of sp³-hybridized carbons (Fsp3) is 0.556. The molecule has 2 heterocycles. The number of amides is 1. The second-order valence-corrected chi connectivity index (χ2v) is 9.23. The lowest BCUT2D eigenvalue weighted by atomic mass is 10.2. The standard InChI is InChI=1S/C18H26N4O4S2/c1-28(24,25)16-6-3-2-5-15(16)17(23)21-8-4-9-22(21)18(27)19-7-10-20-11-13-26-14-12-20/h2-3,5-6H,4,7-14H2,1H3,(H,19,27). The molecule has 28 heavy (non-hydrogen) atoms. The molecule has 0 atom stereocenters. The Morgan fingerprint density at radius 2 is 1.82 bits per heavy atom. The minimum Gasteiger partial charge on any atom is -0.379 e. The molecule has 0 saturated carbocycles. The van der Waals surface area contributed by atoms with Crippen LogP contribution in [0.5, 0.6) is 0 Å². The number of hydrazine groups is 1. The van der Waals surface area contributed by atoms with Crippen LogP contribution in [0.1, 0.15) is 16.8 Å². The van der Waals surface area contributed by atoms with E-state index in [-0.39, 0.29) is 16.4 Å². The minimum absolute atomic E-state index is 0.0399. The predicted octanol–water partition coefficient (Wildman–Crippen LogP) is 0.360. The third kappa shape index (κ3) is 4.99. The molecule has 1 N–H and O–H groups in total. The van der Waals surface area contributed by atoms with E-state index >= 15 is 0 Å². The monoisotopic (exact) mass is 426 g/mol. The first-order valence-corrected chi connectivity index (χ1v) is 11.6. The van der Waals surface area contributed by atoms with Crippen LogP contribution in [-0.4, -0.2) is 93.1 Å². The number of carbonyl (C=O) groups is 1. The van der Waals surface area contributed by atoms with Gasteiger partial charge in [0.15, 0.2) is 14.9 Å². The van der Waals surface area contributed by atoms with Gasteiger partial charge in [-0.25, -0.2) is 13.4 Å². The lowest BCUT2D eigenvalue weighted by Crippen LogP contribution is -2.50. The maximum absolute atomic E-state index is 13.1. The molecule has 1 amide bonds. The van der Waals surface area contributed by atoms with Crippen LogP contribution in [0.15, 0.2) is 29.2 Å². The number of sulfone groups is 1. The van der Waals surface area contributed by atoms with E-state index in [1.54, 1.807) is 23.2 Å². The fourth-order valence-corrected chi connectivity index (χ4v) is 4.55. The summed E-state index contributed by atoms with van der Waals surface area (Å²) in [6.45, 7) is 5.96. The lowest BCUT2D eigenvalue weighted by Gasteiger charge is -2.31. The Labute approximate surface area is 171 Å². The van der Waals surface area contributed by atoms with Gasteiger partial charge in [0.25, 0.3) is 5.91 Å². The van der Waals surface area contributed by atoms with E-state index < -0.39 is 9.84 Å². The van der Waals surface area contributed by atoms with Gasteiger partial charge in [0.2, 0.25) is 0 Å². The van der Waals surface area contributed by atoms with Crippen molar-refractivity contribution in [2.75, 3.05) is 58.7 Å². The maximum atomic E-state index is 13.1. The summed E-state index contributed by atoms with van der Waals surface area (Å²) < 4.78 is 29.4. The van der Waals surface area contributed by atoms with Crippen LogP contribution in [0.25, 0.3) is 0 Å². The van der Waals surface area contributed by atoms with Crippen LogP contribution in [-0.2, 0) is 14.6 Å². The number of nitrogens with zero attached hydrogens (tertiary/aromatic N) is 3. The van der Waals surface area contributed by atoms with Gasteiger partial charge in [0, 0.05) is 45.5 Å². The average Bonchev–Trinajstić information content (AvgIpc) is 3.17. The summed E-state index contributed by atoms with van der Waals surface area (Å²) in [5.41, 5.74) is 0.174. The van der Waals surface area contributed by atoms with Gasteiger partial charge in [-0.1, -0.05) is 12.1 Å². The van der Waals surface area contributed by atoms with Crippen LogP contribution in [0.2, 0.25) is 0 Å². The molecule has 1 aromatic carbocycles. The van der Waals surface area contributed by atoms with Crippen LogP contribution in [0.4, 0.5) is 0 Å². The number of benzene rings is 1. The molecule has 0 spiro atoms. The van der Waals surface area contributed by atoms with Gasteiger partial charge >= 0.3 is 0 Å². The molecule has 154 valence electrons. The summed E-state index contributed by atoms with van der Waals surface area (Å²) in [6.07, 6.45) is 1.89. The van der Waals surface area contributed by atoms with E-state index in [0.29, 0.717) is 24.7 Å². The third-order valence-corrected chi connectivity index (χ3v) is 6.34. The number of carbonyl (C=O) groups excluding carboxylic acids is 1. The zero-order chi connectivity index (χ0) is 20.1. The van der Waals surface area contributed by atoms with Crippen LogP contribution >= 0.6 is 12.2 Å². The summed E-state index contributed by atoms with van der Waals surface area (Å²) >= 11 is 5.49. The van der Waals surface area contributed by atoms with Crippen molar-refractivity contribution in [3.05, 3.63) is 29.8 Å². The lowest BCUT2D eigenvalue weighted by molar-refractivity contribution is 0.0382. The van der Waals surface area contributed by atoms with E-state index in [2.05, 4.69) is 10.2 Å². The average molecular weight is 427 g/mol. The first kappa shape index (κ1) is 21.0. The Morgan fingerprint density at radius 3 is 2.54 bits per heavy atom. The third-order valence-electron chi connectivity index (χ3n) is 4.83. The molecule has 10 heteroatoms. The number of nitrogens with one attached hydrogen (secondary N) is 1. The number of morpholine rings is 1. The molecule has 2 saturated heterocycles. The highest BCUT2D eigenvalue weighted by atomic mass is 32.2. The maximum Gasteiger partial charge on any atom is 0.273 e. The molecule has 3 rings (SSSR count). The number of hydrogen-bond donors (Lipinski definition) is 1. The van der Waals surface area contributed by atoms with Gasteiger partial charge in [-0.2, -0.15) is 0 Å². The first-order chi connectivity index (χ1) is 13.4. The highest BCUT2D eigenvalue weighted by Crippen LogP contribution is 2.21. The molecule has 8 nitrogen and oxygen atoms in total. The van der Waals surface area contributed by atoms with Crippen molar-refractivity contribution in [1.82, 2.24) is 20.2 Å². The second-order valence-electron chi connectivity index (χ2n) is 6.86. The number of rotatable bonds is 5. The molecule has 2 aliphatic heterocycles. The van der Waals surface area contributed by atoms with Crippen molar-refractivity contribution in [1.29, 1.82) is 0 Å². The van der Waals surface area contributed by atoms with Crippen molar-refractivity contribution >= 4 is 33.1 Å². The second kappa shape index (κ2) is 9.17. The van der Waals surface area contributed by atoms with E-state index in [1.807, 2.05) is 0 Å². The SMILES string of the molecule is CS(=O)(=O)c1ccccc1C(=O)N1CCCN1C(=S)NCCN1CCOCC1. The van der Waals surface area contributed by atoms with Crippen molar-refractivity contribution in [2.24, 2.45) is 0 Å². The summed E-state index contributed by atoms with van der Waals surface area (Å²) in [6, 6.07) is 6.29. The molecule has 0 bridgehead atoms. The van der Waals surface area contributed by atoms with Crippen molar-refractivity contribution in [3.63, 3.8) is 0 Å². The van der Waals surface area contributed by atoms with Gasteiger partial charge < -0.3 is 10.1 Å². The summed E-state index contributed by atoms with van der Waals surface area (Å²) in [4.78, 5) is 15.4. The summed E-state index contributed by atoms with van der Waals surface area (Å²) in [7, 11) is -3.50. The Balaban J connectivity index is 1.64. The molecular weight excluding hydrogens is 400 g/mol. The van der Waals surface area contributed by atoms with Gasteiger partial charge in [-0.3, -0.25) is 14.7 Å². The first-order valence-electron chi connectivity index (χ1n) is 9.34. The number of ether oxygens (including phenoxy) is 1. The molecule has 0 radical (unpaired) electrons. The quantitative estimate of drug-likeness (QED) is 0.676. The zero-order valence-corrected chi connectivity index (χ0v) is 17.6. The Kier molecular flexibility index (Phi) is 6.86. The molecule has 0 aliphatic carbocycles. The molecule has 2 aliphatic rings. The highest BCUT2D eigenvalue weighted by molar-refractivity contribution is 7.90. The van der Waals surface area contributed by atoms with Gasteiger partial charge in [-0.15, -0.1) is 0 Å². The van der Waals surface area contributed by atoms with Gasteiger partial charge in [0.05, 0.1) is 23.7 Å². The smallest absolute Gasteiger partial charge is 0.273 e. The Hall–Kier alpha value is -1.75. The van der Waals surface area contributed by atoms with E-state index in [9.17, 15) is 13.2 Å². The van der Waals surface area contributed by atoms with E-state index in [0.717, 1.165) is 45.5 Å². The Bertz CT molecular complexity index is 825. The Morgan fingerprint density at radius 1 is 1.14 bits per heavy atom. The topological polar surface area (TPSA) is 82.2 Å². The van der Waals surface area contributed by atoms with Gasteiger partial charge in [0.1, 0.15) is 0 Å². The number of hydrogen-bond acceptors (Lipinski definition) is 6. The van der Waals surface area contributed by atoms with E-state index in [4.69, 9.17) is 17.0 Å². The molecular formula is C18H26N4O4S2. The van der Waals surface area contributed by atoms with Crippen molar-refractivity contribution in [2.45, 2.75) is 11.3 Å². The molecule has 0 unspecified atom stereocenters. The zero-order valence-electron chi connectivity index (χ0n) is 16.0. The van der Waals surface area contributed by atoms with Crippen LogP contribution in [0.3, 0.4) is 0 Å². The largest absolute Gasteiger partial charge is 0.379 e. The van der Waals surface area contributed by atoms with Crippen LogP contribution in [0, 0.1) is 0 Å². The summed E-state index contributed by atoms with van der Waals surface area (Å²) in [5.74, 6) is -0.351. The van der Waals surface area contributed by atoms with Crippen molar-refractivity contribution < 1.29 is 17.9 Å². The summed E-state index contributed by atoms with van der Waals surface area (Å²) in [5, 5.41) is 6.97. The van der Waals surface area contributed by atoms with Gasteiger partial charge in [-0.05, 0) is 30.8 Å². The van der Waals surface area contributed by atoms with Crippen molar-refractivity contribution in [3.8, 4) is 0 Å². The molecule has 1 aromatic rings. The normalized spacial score (nSPS) is 18.3. The molecule has 2 fully saturated rings. The number of thiocarbonyl (C=S) groups is 1. The van der Waals surface area contributed by atoms with Crippen LogP contribution < -0.4 is 5.32 Å². The highest BCUT2D eigenvalue weighted by Gasteiger charge is 2.31. The predicted molar refractivity (Wildman–Crippen MR) is 110 cm³/mol. The fourth-order valence-electron chi connectivity index (χ4n) is 3.38. The molecule has 0 aromatic heterocycles. The minimum atomic E-state index is -3.50.